The lowest BCUT2D eigenvalue weighted by molar-refractivity contribution is -0.134. The lowest BCUT2D eigenvalue weighted by atomic mass is 9.98. The topological polar surface area (TPSA) is 110 Å². The van der Waals surface area contributed by atoms with Crippen molar-refractivity contribution < 1.29 is 27.1 Å². The summed E-state index contributed by atoms with van der Waals surface area (Å²) in [5, 5.41) is 17.6. The molecule has 9 nitrogen and oxygen atoms in total. The summed E-state index contributed by atoms with van der Waals surface area (Å²) in [5.41, 5.74) is 1.76. The summed E-state index contributed by atoms with van der Waals surface area (Å²) in [4.78, 5) is 14.2. The van der Waals surface area contributed by atoms with Crippen molar-refractivity contribution in [3.05, 3.63) is 65.2 Å². The molecule has 1 aliphatic rings. The zero-order valence-electron chi connectivity index (χ0n) is 17.1. The first-order chi connectivity index (χ1) is 15.2. The molecule has 1 N–H and O–H groups in total. The summed E-state index contributed by atoms with van der Waals surface area (Å²) < 4.78 is 53.0. The summed E-state index contributed by atoms with van der Waals surface area (Å²) in [6.45, 7) is 0.591. The molecule has 12 heteroatoms. The third-order valence-electron chi connectivity index (χ3n) is 5.45. The van der Waals surface area contributed by atoms with E-state index >= 15 is 0 Å². The van der Waals surface area contributed by atoms with Crippen LogP contribution in [0.3, 0.4) is 0 Å². The molecule has 170 valence electrons. The Kier molecular flexibility index (Phi) is 5.82. The number of aliphatic hydroxyl groups excluding tert-OH is 1. The first kappa shape index (κ1) is 22.1. The molecule has 0 radical (unpaired) electrons. The molecule has 1 atom stereocenters. The van der Waals surface area contributed by atoms with E-state index in [1.54, 1.807) is 24.3 Å². The van der Waals surface area contributed by atoms with Gasteiger partial charge in [0.05, 0.1) is 36.7 Å². The highest BCUT2D eigenvalue weighted by molar-refractivity contribution is 7.89. The van der Waals surface area contributed by atoms with Gasteiger partial charge >= 0.3 is 0 Å². The van der Waals surface area contributed by atoms with Gasteiger partial charge in [0.25, 0.3) is 16.4 Å². The first-order valence-corrected chi connectivity index (χ1v) is 11.2. The number of carbonyl (C=O) groups is 1. The third-order valence-corrected chi connectivity index (χ3v) is 7.08. The van der Waals surface area contributed by atoms with Crippen molar-refractivity contribution in [3.8, 4) is 0 Å². The number of rotatable bonds is 7. The smallest absolute Gasteiger partial charge is 0.286 e. The van der Waals surface area contributed by atoms with E-state index in [9.17, 15) is 27.1 Å². The minimum Gasteiger partial charge on any atom is -0.395 e. The van der Waals surface area contributed by atoms with Gasteiger partial charge in [-0.1, -0.05) is 30.3 Å². The van der Waals surface area contributed by atoms with Crippen molar-refractivity contribution in [2.24, 2.45) is 0 Å². The zero-order chi connectivity index (χ0) is 23.0. The summed E-state index contributed by atoms with van der Waals surface area (Å²) in [7, 11) is -4.13. The van der Waals surface area contributed by atoms with Gasteiger partial charge in [-0.15, -0.1) is 0 Å². The second-order valence-electron chi connectivity index (χ2n) is 7.49. The lowest BCUT2D eigenvalue weighted by Crippen LogP contribution is -2.33. The van der Waals surface area contributed by atoms with Gasteiger partial charge in [-0.25, -0.2) is 8.78 Å². The van der Waals surface area contributed by atoms with E-state index in [0.29, 0.717) is 16.8 Å². The van der Waals surface area contributed by atoms with Crippen LogP contribution in [-0.2, 0) is 34.5 Å². The van der Waals surface area contributed by atoms with Crippen LogP contribution < -0.4 is 0 Å². The van der Waals surface area contributed by atoms with Crippen molar-refractivity contribution in [1.29, 1.82) is 0 Å². The lowest BCUT2D eigenvalue weighted by Gasteiger charge is -2.22. The van der Waals surface area contributed by atoms with Crippen LogP contribution in [0.25, 0.3) is 0 Å². The molecule has 1 aromatic carbocycles. The number of aliphatic hydroxyl groups is 1. The standard InChI is InChI=1S/C20H21F2N5O4S/c1-13-18(7-23-26(13)11-19(21)22)32(30,31)27-9-15-8-25(10-17(15)24-27)20(29)16(12-28)14-5-3-2-4-6-14/h2-7,9,16,19,28H,8,10-12H2,1H3. The van der Waals surface area contributed by atoms with Gasteiger partial charge in [-0.2, -0.15) is 22.7 Å². The number of amides is 1. The zero-order valence-corrected chi connectivity index (χ0v) is 17.9. The van der Waals surface area contributed by atoms with E-state index in [4.69, 9.17) is 0 Å². The van der Waals surface area contributed by atoms with Gasteiger partial charge in [0, 0.05) is 18.3 Å². The van der Waals surface area contributed by atoms with Gasteiger partial charge < -0.3 is 10.0 Å². The summed E-state index contributed by atoms with van der Waals surface area (Å²) >= 11 is 0. The molecule has 32 heavy (non-hydrogen) atoms. The molecule has 2 aromatic heterocycles. The van der Waals surface area contributed by atoms with Crippen molar-refractivity contribution in [2.45, 2.75) is 43.8 Å². The average molecular weight is 465 g/mol. The predicted octanol–water partition coefficient (Wildman–Crippen LogP) is 1.51. The van der Waals surface area contributed by atoms with Gasteiger partial charge in [0.2, 0.25) is 5.91 Å². The Balaban J connectivity index is 1.54. The van der Waals surface area contributed by atoms with Crippen molar-refractivity contribution >= 4 is 15.9 Å². The molecular weight excluding hydrogens is 444 g/mol. The van der Waals surface area contributed by atoms with Gasteiger partial charge in [0.1, 0.15) is 11.4 Å². The highest BCUT2D eigenvalue weighted by atomic mass is 32.2. The normalized spacial score (nSPS) is 14.7. The Labute approximate surface area is 182 Å². The molecule has 1 unspecified atom stereocenters. The van der Waals surface area contributed by atoms with Gasteiger partial charge in [-0.05, 0) is 12.5 Å². The fourth-order valence-corrected chi connectivity index (χ4v) is 5.07. The Morgan fingerprint density at radius 3 is 2.56 bits per heavy atom. The van der Waals surface area contributed by atoms with Crippen molar-refractivity contribution in [2.75, 3.05) is 6.61 Å². The van der Waals surface area contributed by atoms with E-state index in [0.717, 1.165) is 15.0 Å². The summed E-state index contributed by atoms with van der Waals surface area (Å²) in [6, 6.07) is 8.90. The molecule has 1 aliphatic heterocycles. The van der Waals surface area contributed by atoms with Crippen molar-refractivity contribution in [3.63, 3.8) is 0 Å². The van der Waals surface area contributed by atoms with Crippen LogP contribution >= 0.6 is 0 Å². The molecule has 0 bridgehead atoms. The van der Waals surface area contributed by atoms with Crippen LogP contribution in [0, 0.1) is 6.92 Å². The molecule has 0 saturated heterocycles. The van der Waals surface area contributed by atoms with Crippen LogP contribution in [-0.4, -0.2) is 56.3 Å². The molecular formula is C20H21F2N5O4S. The summed E-state index contributed by atoms with van der Waals surface area (Å²) in [5.74, 6) is -1.00. The number of nitrogens with zero attached hydrogens (tertiary/aromatic N) is 5. The molecule has 0 aliphatic carbocycles. The maximum Gasteiger partial charge on any atom is 0.286 e. The van der Waals surface area contributed by atoms with Crippen LogP contribution in [0.5, 0.6) is 0 Å². The fraction of sp³-hybridized carbons (Fsp3) is 0.350. The van der Waals surface area contributed by atoms with Crippen LogP contribution in [0.1, 0.15) is 28.4 Å². The quantitative estimate of drug-likeness (QED) is 0.566. The predicted molar refractivity (Wildman–Crippen MR) is 108 cm³/mol. The second kappa shape index (κ2) is 8.43. The monoisotopic (exact) mass is 465 g/mol. The molecule has 4 rings (SSSR count). The molecule has 3 aromatic rings. The van der Waals surface area contributed by atoms with Crippen LogP contribution in [0.2, 0.25) is 0 Å². The Morgan fingerprint density at radius 2 is 1.94 bits per heavy atom. The minimum atomic E-state index is -4.13. The second-order valence-corrected chi connectivity index (χ2v) is 9.25. The SMILES string of the molecule is Cc1c(S(=O)(=O)n2cc3c(n2)CN(C(=O)C(CO)c2ccccc2)C3)cnn1CC(F)F. The maximum atomic E-state index is 13.0. The van der Waals surface area contributed by atoms with E-state index in [2.05, 4.69) is 10.2 Å². The Morgan fingerprint density at radius 1 is 1.22 bits per heavy atom. The molecule has 0 fully saturated rings. The third kappa shape index (κ3) is 3.91. The van der Waals surface area contributed by atoms with Crippen LogP contribution in [0.4, 0.5) is 8.78 Å². The number of aromatic nitrogens is 4. The molecule has 1 amide bonds. The fourth-order valence-electron chi connectivity index (χ4n) is 3.74. The Hall–Kier alpha value is -3.12. The number of hydrogen-bond donors (Lipinski definition) is 1. The number of benzene rings is 1. The largest absolute Gasteiger partial charge is 0.395 e. The van der Waals surface area contributed by atoms with Crippen molar-refractivity contribution in [1.82, 2.24) is 23.9 Å². The number of halogens is 2. The summed E-state index contributed by atoms with van der Waals surface area (Å²) in [6.07, 6.45) is -0.320. The van der Waals surface area contributed by atoms with Gasteiger partial charge in [0.15, 0.2) is 0 Å². The minimum absolute atomic E-state index is 0.0893. The molecule has 0 spiro atoms. The maximum absolute atomic E-state index is 13.0. The highest BCUT2D eigenvalue weighted by Crippen LogP contribution is 2.28. The highest BCUT2D eigenvalue weighted by Gasteiger charge is 2.34. The number of hydrogen-bond acceptors (Lipinski definition) is 6. The average Bonchev–Trinajstić information content (AvgIpc) is 3.43. The molecule has 0 saturated carbocycles. The van der Waals surface area contributed by atoms with Gasteiger partial charge in [-0.3, -0.25) is 9.48 Å². The Bertz CT molecular complexity index is 1220. The number of fused-ring (bicyclic) bond motifs is 1. The number of alkyl halides is 2. The van der Waals surface area contributed by atoms with E-state index in [-0.39, 0.29) is 36.2 Å². The first-order valence-electron chi connectivity index (χ1n) is 9.80. The van der Waals surface area contributed by atoms with E-state index in [1.165, 1.54) is 18.0 Å². The number of carbonyl (C=O) groups excluding carboxylic acids is 1. The molecule has 3 heterocycles. The van der Waals surface area contributed by atoms with E-state index in [1.807, 2.05) is 6.07 Å². The van der Waals surface area contributed by atoms with Crippen LogP contribution in [0.15, 0.2) is 47.6 Å². The van der Waals surface area contributed by atoms with E-state index < -0.39 is 28.9 Å².